The Labute approximate surface area is 146 Å². The number of carbonyl (C=O) groups excluding carboxylic acids is 1. The lowest BCUT2D eigenvalue weighted by Crippen LogP contribution is -2.28. The van der Waals surface area contributed by atoms with E-state index >= 15 is 0 Å². The third kappa shape index (κ3) is 3.02. The lowest BCUT2D eigenvalue weighted by molar-refractivity contribution is 0.0928. The van der Waals surface area contributed by atoms with Crippen molar-refractivity contribution in [3.8, 4) is 0 Å². The van der Waals surface area contributed by atoms with Crippen molar-refractivity contribution in [1.82, 2.24) is 9.55 Å². The van der Waals surface area contributed by atoms with Crippen LogP contribution in [0.15, 0.2) is 91.3 Å². The van der Waals surface area contributed by atoms with E-state index in [2.05, 4.69) is 4.98 Å². The molecule has 4 nitrogen and oxygen atoms in total. The Bertz CT molecular complexity index is 954. The maximum Gasteiger partial charge on any atom is 0.252 e. The number of rotatable bonds is 4. The normalized spacial score (nSPS) is 10.7. The third-order valence-electron chi connectivity index (χ3n) is 4.15. The van der Waals surface area contributed by atoms with Crippen LogP contribution >= 0.6 is 0 Å². The fraction of sp³-hybridized carbons (Fsp3) is 0.0476. The van der Waals surface area contributed by atoms with Gasteiger partial charge in [0.15, 0.2) is 0 Å². The van der Waals surface area contributed by atoms with Gasteiger partial charge < -0.3 is 4.90 Å². The second-order valence-electron chi connectivity index (χ2n) is 5.75. The summed E-state index contributed by atoms with van der Waals surface area (Å²) in [4.78, 5) is 19.3. The topological polar surface area (TPSA) is 38.1 Å². The van der Waals surface area contributed by atoms with E-state index in [0.29, 0.717) is 0 Å². The SMILES string of the molecule is O=C(CN(c1ccccc1)c1ccccc1)n1cnc2ccccc21. The number of aromatic nitrogens is 2. The highest BCUT2D eigenvalue weighted by Gasteiger charge is 2.16. The Morgan fingerprint density at radius 2 is 1.36 bits per heavy atom. The van der Waals surface area contributed by atoms with Crippen LogP contribution in [0.3, 0.4) is 0 Å². The maximum absolute atomic E-state index is 13.0. The molecule has 0 spiro atoms. The van der Waals surface area contributed by atoms with Gasteiger partial charge in [-0.25, -0.2) is 4.98 Å². The number of nitrogens with zero attached hydrogens (tertiary/aromatic N) is 3. The van der Waals surface area contributed by atoms with E-state index < -0.39 is 0 Å². The quantitative estimate of drug-likeness (QED) is 0.553. The fourth-order valence-electron chi connectivity index (χ4n) is 2.92. The van der Waals surface area contributed by atoms with Crippen molar-refractivity contribution in [2.45, 2.75) is 0 Å². The molecular formula is C21H17N3O. The summed E-state index contributed by atoms with van der Waals surface area (Å²) >= 11 is 0. The summed E-state index contributed by atoms with van der Waals surface area (Å²) in [7, 11) is 0. The van der Waals surface area contributed by atoms with Crippen LogP contribution < -0.4 is 4.90 Å². The monoisotopic (exact) mass is 327 g/mol. The van der Waals surface area contributed by atoms with Crippen LogP contribution in [0.5, 0.6) is 0 Å². The minimum absolute atomic E-state index is 0.0265. The zero-order valence-corrected chi connectivity index (χ0v) is 13.6. The average molecular weight is 327 g/mol. The smallest absolute Gasteiger partial charge is 0.252 e. The van der Waals surface area contributed by atoms with Crippen molar-refractivity contribution in [3.05, 3.63) is 91.3 Å². The van der Waals surface area contributed by atoms with E-state index in [9.17, 15) is 4.79 Å². The van der Waals surface area contributed by atoms with E-state index in [1.807, 2.05) is 89.8 Å². The van der Waals surface area contributed by atoms with E-state index in [4.69, 9.17) is 0 Å². The number of hydrogen-bond donors (Lipinski definition) is 0. The van der Waals surface area contributed by atoms with E-state index in [-0.39, 0.29) is 12.5 Å². The Balaban J connectivity index is 1.70. The number of anilines is 2. The molecule has 0 aliphatic rings. The molecule has 1 aromatic heterocycles. The summed E-state index contributed by atoms with van der Waals surface area (Å²) in [6, 6.07) is 27.5. The molecule has 0 bridgehead atoms. The number of benzene rings is 3. The zero-order valence-electron chi connectivity index (χ0n) is 13.6. The third-order valence-corrected chi connectivity index (χ3v) is 4.15. The maximum atomic E-state index is 13.0. The van der Waals surface area contributed by atoms with E-state index in [1.54, 1.807) is 10.9 Å². The van der Waals surface area contributed by atoms with Gasteiger partial charge in [0.05, 0.1) is 11.0 Å². The second kappa shape index (κ2) is 6.61. The minimum atomic E-state index is -0.0265. The molecule has 25 heavy (non-hydrogen) atoms. The van der Waals surface area contributed by atoms with Crippen LogP contribution in [0.1, 0.15) is 4.79 Å². The van der Waals surface area contributed by atoms with Gasteiger partial charge in [0, 0.05) is 11.4 Å². The number of para-hydroxylation sites is 4. The molecule has 0 N–H and O–H groups in total. The Kier molecular flexibility index (Phi) is 4.01. The minimum Gasteiger partial charge on any atom is -0.332 e. The van der Waals surface area contributed by atoms with Crippen molar-refractivity contribution >= 4 is 28.3 Å². The number of carbonyl (C=O) groups is 1. The average Bonchev–Trinajstić information content (AvgIpc) is 3.11. The largest absolute Gasteiger partial charge is 0.332 e. The summed E-state index contributed by atoms with van der Waals surface area (Å²) < 4.78 is 1.62. The lowest BCUT2D eigenvalue weighted by atomic mass is 10.2. The Morgan fingerprint density at radius 1 is 0.800 bits per heavy atom. The molecule has 0 radical (unpaired) electrons. The molecule has 0 aliphatic carbocycles. The first-order valence-corrected chi connectivity index (χ1v) is 8.16. The predicted octanol–water partition coefficient (Wildman–Crippen LogP) is 4.51. The highest BCUT2D eigenvalue weighted by Crippen LogP contribution is 2.25. The van der Waals surface area contributed by atoms with E-state index in [1.165, 1.54) is 0 Å². The fourth-order valence-corrected chi connectivity index (χ4v) is 2.92. The molecule has 0 unspecified atom stereocenters. The summed E-state index contributed by atoms with van der Waals surface area (Å²) in [5.41, 5.74) is 3.60. The molecule has 4 rings (SSSR count). The number of imidazole rings is 1. The van der Waals surface area contributed by atoms with Gasteiger partial charge in [0.2, 0.25) is 0 Å². The molecule has 4 heteroatoms. The standard InChI is InChI=1S/C21H17N3O/c25-21(24-16-22-19-13-7-8-14-20(19)24)15-23(17-9-3-1-4-10-17)18-11-5-2-6-12-18/h1-14,16H,15H2. The second-order valence-corrected chi connectivity index (χ2v) is 5.75. The van der Waals surface area contributed by atoms with Crippen molar-refractivity contribution in [2.75, 3.05) is 11.4 Å². The van der Waals surface area contributed by atoms with Crippen LogP contribution in [0.25, 0.3) is 11.0 Å². The van der Waals surface area contributed by atoms with Crippen molar-refractivity contribution in [1.29, 1.82) is 0 Å². The molecular weight excluding hydrogens is 310 g/mol. The molecule has 122 valence electrons. The van der Waals surface area contributed by atoms with Gasteiger partial charge >= 0.3 is 0 Å². The first-order valence-electron chi connectivity index (χ1n) is 8.16. The molecule has 0 amide bonds. The molecule has 0 saturated carbocycles. The first-order chi connectivity index (χ1) is 12.3. The van der Waals surface area contributed by atoms with Crippen molar-refractivity contribution < 1.29 is 4.79 Å². The van der Waals surface area contributed by atoms with Crippen LogP contribution in [-0.4, -0.2) is 22.0 Å². The van der Waals surface area contributed by atoms with Gasteiger partial charge in [-0.3, -0.25) is 9.36 Å². The van der Waals surface area contributed by atoms with Gasteiger partial charge in [-0.15, -0.1) is 0 Å². The molecule has 4 aromatic rings. The van der Waals surface area contributed by atoms with Gasteiger partial charge in [0.25, 0.3) is 5.91 Å². The van der Waals surface area contributed by atoms with Crippen LogP contribution in [0.4, 0.5) is 11.4 Å². The van der Waals surface area contributed by atoms with Crippen molar-refractivity contribution in [3.63, 3.8) is 0 Å². The highest BCUT2D eigenvalue weighted by atomic mass is 16.2. The van der Waals surface area contributed by atoms with Gasteiger partial charge in [-0.05, 0) is 36.4 Å². The highest BCUT2D eigenvalue weighted by molar-refractivity contribution is 5.93. The van der Waals surface area contributed by atoms with Crippen LogP contribution in [-0.2, 0) is 0 Å². The molecule has 1 heterocycles. The molecule has 0 fully saturated rings. The summed E-state index contributed by atoms with van der Waals surface area (Å²) in [6.07, 6.45) is 1.60. The lowest BCUT2D eigenvalue weighted by Gasteiger charge is -2.24. The van der Waals surface area contributed by atoms with Crippen LogP contribution in [0, 0.1) is 0 Å². The summed E-state index contributed by atoms with van der Waals surface area (Å²) in [5.74, 6) is -0.0265. The van der Waals surface area contributed by atoms with Crippen molar-refractivity contribution in [2.24, 2.45) is 0 Å². The molecule has 0 saturated heterocycles. The van der Waals surface area contributed by atoms with Gasteiger partial charge in [0.1, 0.15) is 12.9 Å². The summed E-state index contributed by atoms with van der Waals surface area (Å²) in [5, 5.41) is 0. The first kappa shape index (κ1) is 15.1. The Morgan fingerprint density at radius 3 is 2.00 bits per heavy atom. The van der Waals surface area contributed by atoms with Crippen LogP contribution in [0.2, 0.25) is 0 Å². The van der Waals surface area contributed by atoms with E-state index in [0.717, 1.165) is 22.4 Å². The van der Waals surface area contributed by atoms with Gasteiger partial charge in [-0.2, -0.15) is 0 Å². The zero-order chi connectivity index (χ0) is 17.1. The number of hydrogen-bond acceptors (Lipinski definition) is 3. The molecule has 0 aliphatic heterocycles. The molecule has 0 atom stereocenters. The predicted molar refractivity (Wildman–Crippen MR) is 100 cm³/mol. The number of fused-ring (bicyclic) bond motifs is 1. The molecule has 3 aromatic carbocycles. The Hall–Kier alpha value is -3.40. The summed E-state index contributed by atoms with van der Waals surface area (Å²) in [6.45, 7) is 0.231. The van der Waals surface area contributed by atoms with Gasteiger partial charge in [-0.1, -0.05) is 48.5 Å².